The Morgan fingerprint density at radius 1 is 1.00 bits per heavy atom. The van der Waals surface area contributed by atoms with Crippen LogP contribution in [-0.2, 0) is 0 Å². The number of hydrogen-bond acceptors (Lipinski definition) is 4. The summed E-state index contributed by atoms with van der Waals surface area (Å²) in [5, 5.41) is 7.55. The lowest BCUT2D eigenvalue weighted by Crippen LogP contribution is -2.13. The molecule has 3 aromatic carbocycles. The van der Waals surface area contributed by atoms with Crippen molar-refractivity contribution in [1.29, 1.82) is 0 Å². The first-order chi connectivity index (χ1) is 15.5. The van der Waals surface area contributed by atoms with Crippen LogP contribution in [0.5, 0.6) is 11.5 Å². The van der Waals surface area contributed by atoms with Gasteiger partial charge in [0.2, 0.25) is 0 Å². The lowest BCUT2D eigenvalue weighted by Gasteiger charge is -2.11. The molecule has 0 radical (unpaired) electrons. The Hall–Kier alpha value is -4.13. The molecule has 0 aliphatic carbocycles. The number of rotatable bonds is 6. The average Bonchev–Trinajstić information content (AvgIpc) is 3.26. The lowest BCUT2D eigenvalue weighted by atomic mass is 10.1. The van der Waals surface area contributed by atoms with Gasteiger partial charge in [-0.3, -0.25) is 4.79 Å². The number of benzene rings is 3. The summed E-state index contributed by atoms with van der Waals surface area (Å²) in [6.07, 6.45) is 1.67. The minimum atomic E-state index is -0.366. The molecule has 32 heavy (non-hydrogen) atoms. The molecular weight excluding hydrogens is 409 g/mol. The van der Waals surface area contributed by atoms with Crippen LogP contribution in [0.4, 0.5) is 10.1 Å². The van der Waals surface area contributed by atoms with Crippen LogP contribution in [0.1, 0.15) is 15.9 Å². The second kappa shape index (κ2) is 8.93. The van der Waals surface area contributed by atoms with Crippen molar-refractivity contribution in [2.24, 2.45) is 0 Å². The Morgan fingerprint density at radius 3 is 2.47 bits per heavy atom. The first kappa shape index (κ1) is 21.1. The number of aromatic nitrogens is 2. The van der Waals surface area contributed by atoms with Gasteiger partial charge in [0.1, 0.15) is 23.0 Å². The second-order valence-electron chi connectivity index (χ2n) is 7.15. The molecule has 1 amide bonds. The van der Waals surface area contributed by atoms with Crippen LogP contribution in [0, 0.1) is 12.7 Å². The number of ether oxygens (including phenoxy) is 2. The maximum atomic E-state index is 13.5. The van der Waals surface area contributed by atoms with E-state index in [2.05, 4.69) is 10.4 Å². The van der Waals surface area contributed by atoms with Crippen LogP contribution in [0.25, 0.3) is 16.9 Å². The fourth-order valence-corrected chi connectivity index (χ4v) is 3.40. The second-order valence-corrected chi connectivity index (χ2v) is 7.15. The number of hydrogen-bond donors (Lipinski definition) is 1. The summed E-state index contributed by atoms with van der Waals surface area (Å²) in [7, 11) is 3.12. The highest BCUT2D eigenvalue weighted by molar-refractivity contribution is 6.08. The van der Waals surface area contributed by atoms with Gasteiger partial charge < -0.3 is 14.8 Å². The molecule has 0 fully saturated rings. The number of carbonyl (C=O) groups excluding carboxylic acids is 1. The van der Waals surface area contributed by atoms with Crippen LogP contribution in [0.2, 0.25) is 0 Å². The van der Waals surface area contributed by atoms with Crippen molar-refractivity contribution in [3.63, 3.8) is 0 Å². The predicted octanol–water partition coefficient (Wildman–Crippen LogP) is 5.26. The fraction of sp³-hybridized carbons (Fsp3) is 0.120. The summed E-state index contributed by atoms with van der Waals surface area (Å²) in [6, 6.07) is 19.0. The molecule has 1 aromatic heterocycles. The summed E-state index contributed by atoms with van der Waals surface area (Å²) in [5.41, 5.74) is 3.39. The normalized spacial score (nSPS) is 10.6. The quantitative estimate of drug-likeness (QED) is 0.453. The standard InChI is InChI=1S/C25H22FN3O3/c1-16-13-17(26)9-12-22(16)27-25(30)21-15-29(18-7-5-4-6-8-18)28-24(21)20-11-10-19(31-2)14-23(20)32-3/h4-15H,1-3H3,(H,27,30). The molecule has 0 aliphatic heterocycles. The van der Waals surface area contributed by atoms with E-state index in [1.807, 2.05) is 30.3 Å². The highest BCUT2D eigenvalue weighted by Crippen LogP contribution is 2.35. The first-order valence-corrected chi connectivity index (χ1v) is 9.95. The van der Waals surface area contributed by atoms with Gasteiger partial charge in [0, 0.05) is 23.5 Å². The number of nitrogens with zero attached hydrogens (tertiary/aromatic N) is 2. The van der Waals surface area contributed by atoms with E-state index < -0.39 is 0 Å². The zero-order valence-corrected chi connectivity index (χ0v) is 17.9. The Morgan fingerprint density at radius 2 is 1.78 bits per heavy atom. The maximum Gasteiger partial charge on any atom is 0.259 e. The summed E-state index contributed by atoms with van der Waals surface area (Å²) in [6.45, 7) is 1.74. The van der Waals surface area contributed by atoms with Crippen molar-refractivity contribution < 1.29 is 18.7 Å². The van der Waals surface area contributed by atoms with Crippen LogP contribution in [-0.4, -0.2) is 29.9 Å². The van der Waals surface area contributed by atoms with Gasteiger partial charge in [-0.2, -0.15) is 5.10 Å². The molecule has 1 heterocycles. The van der Waals surface area contributed by atoms with E-state index in [1.165, 1.54) is 18.2 Å². The molecule has 0 spiro atoms. The maximum absolute atomic E-state index is 13.5. The molecule has 0 atom stereocenters. The van der Waals surface area contributed by atoms with Gasteiger partial charge in [-0.1, -0.05) is 18.2 Å². The van der Waals surface area contributed by atoms with Crippen molar-refractivity contribution in [1.82, 2.24) is 9.78 Å². The van der Waals surface area contributed by atoms with Gasteiger partial charge in [0.25, 0.3) is 5.91 Å². The van der Waals surface area contributed by atoms with Gasteiger partial charge in [-0.05, 0) is 55.0 Å². The molecule has 7 heteroatoms. The topological polar surface area (TPSA) is 65.4 Å². The van der Waals surface area contributed by atoms with Crippen LogP contribution in [0.3, 0.4) is 0 Å². The molecule has 162 valence electrons. The SMILES string of the molecule is COc1ccc(-c2nn(-c3ccccc3)cc2C(=O)Nc2ccc(F)cc2C)c(OC)c1. The molecule has 0 bridgehead atoms. The van der Waals surface area contributed by atoms with Crippen molar-refractivity contribution in [2.45, 2.75) is 6.92 Å². The third-order valence-electron chi connectivity index (χ3n) is 5.08. The van der Waals surface area contributed by atoms with Crippen molar-refractivity contribution in [3.05, 3.63) is 89.9 Å². The number of aryl methyl sites for hydroxylation is 1. The monoisotopic (exact) mass is 431 g/mol. The molecule has 0 saturated carbocycles. The molecule has 1 N–H and O–H groups in total. The van der Waals surface area contributed by atoms with Crippen molar-refractivity contribution in [3.8, 4) is 28.4 Å². The summed E-state index contributed by atoms with van der Waals surface area (Å²) in [4.78, 5) is 13.3. The molecule has 6 nitrogen and oxygen atoms in total. The Bertz CT molecular complexity index is 1270. The summed E-state index contributed by atoms with van der Waals surface area (Å²) < 4.78 is 25.9. The van der Waals surface area contributed by atoms with Crippen LogP contribution < -0.4 is 14.8 Å². The molecule has 0 saturated heterocycles. The van der Waals surface area contributed by atoms with Gasteiger partial charge in [0.15, 0.2) is 0 Å². The molecule has 4 aromatic rings. The van der Waals surface area contributed by atoms with E-state index in [0.717, 1.165) is 5.69 Å². The van der Waals surface area contributed by atoms with Crippen molar-refractivity contribution in [2.75, 3.05) is 19.5 Å². The first-order valence-electron chi connectivity index (χ1n) is 9.95. The third kappa shape index (κ3) is 4.18. The van der Waals surface area contributed by atoms with Gasteiger partial charge in [-0.25, -0.2) is 9.07 Å². The van der Waals surface area contributed by atoms with Gasteiger partial charge in [-0.15, -0.1) is 0 Å². The molecule has 0 unspecified atom stereocenters. The fourth-order valence-electron chi connectivity index (χ4n) is 3.40. The van der Waals surface area contributed by atoms with E-state index in [0.29, 0.717) is 39.6 Å². The highest BCUT2D eigenvalue weighted by Gasteiger charge is 2.22. The Balaban J connectivity index is 1.82. The minimum Gasteiger partial charge on any atom is -0.497 e. The smallest absolute Gasteiger partial charge is 0.259 e. The summed E-state index contributed by atoms with van der Waals surface area (Å²) in [5.74, 6) is 0.423. The Kier molecular flexibility index (Phi) is 5.89. The van der Waals surface area contributed by atoms with Gasteiger partial charge in [0.05, 0.1) is 25.5 Å². The molecule has 4 rings (SSSR count). The predicted molar refractivity (Wildman–Crippen MR) is 121 cm³/mol. The van der Waals surface area contributed by atoms with Gasteiger partial charge >= 0.3 is 0 Å². The van der Waals surface area contributed by atoms with E-state index in [9.17, 15) is 9.18 Å². The molecule has 0 aliphatic rings. The van der Waals surface area contributed by atoms with E-state index >= 15 is 0 Å². The van der Waals surface area contributed by atoms with Crippen molar-refractivity contribution >= 4 is 11.6 Å². The number of methoxy groups -OCH3 is 2. The Labute approximate surface area is 185 Å². The highest BCUT2D eigenvalue weighted by atomic mass is 19.1. The van der Waals surface area contributed by atoms with E-state index in [1.54, 1.807) is 50.2 Å². The average molecular weight is 431 g/mol. The minimum absolute atomic E-state index is 0.348. The van der Waals surface area contributed by atoms with Crippen LogP contribution >= 0.6 is 0 Å². The number of carbonyl (C=O) groups is 1. The molecular formula is C25H22FN3O3. The largest absolute Gasteiger partial charge is 0.497 e. The number of nitrogens with one attached hydrogen (secondary N) is 1. The number of amides is 1. The number of halogens is 1. The third-order valence-corrected chi connectivity index (χ3v) is 5.08. The van der Waals surface area contributed by atoms with E-state index in [4.69, 9.17) is 9.47 Å². The zero-order chi connectivity index (χ0) is 22.7. The lowest BCUT2D eigenvalue weighted by molar-refractivity contribution is 0.102. The number of para-hydroxylation sites is 1. The number of anilines is 1. The summed E-state index contributed by atoms with van der Waals surface area (Å²) >= 11 is 0. The van der Waals surface area contributed by atoms with Crippen LogP contribution in [0.15, 0.2) is 72.9 Å². The zero-order valence-electron chi connectivity index (χ0n) is 17.9. The van der Waals surface area contributed by atoms with E-state index in [-0.39, 0.29) is 11.7 Å².